The second-order valence-electron chi connectivity index (χ2n) is 9.85. The highest BCUT2D eigenvalue weighted by atomic mass is 35.5. The van der Waals surface area contributed by atoms with E-state index in [2.05, 4.69) is 15.3 Å². The topological polar surface area (TPSA) is 134 Å². The highest BCUT2D eigenvalue weighted by Crippen LogP contribution is 2.57. The molecular weight excluding hydrogens is 554 g/mol. The lowest BCUT2D eigenvalue weighted by molar-refractivity contribution is -0.137. The lowest BCUT2D eigenvalue weighted by Gasteiger charge is -2.41. The number of nitrogens with zero attached hydrogens (tertiary/aromatic N) is 5. The number of carboxylic acid groups (broad SMARTS) is 1. The first-order valence-electron chi connectivity index (χ1n) is 13.1. The first kappa shape index (κ1) is 28.3. The summed E-state index contributed by atoms with van der Waals surface area (Å²) in [7, 11) is -3.44. The Morgan fingerprint density at radius 1 is 1.23 bits per heavy atom. The predicted molar refractivity (Wildman–Crippen MR) is 154 cm³/mol. The number of pyridine rings is 1. The molecule has 2 aromatic heterocycles. The smallest absolute Gasteiger partial charge is 0.304 e. The monoisotopic (exact) mass is 585 g/mol. The molecule has 10 nitrogen and oxygen atoms in total. The summed E-state index contributed by atoms with van der Waals surface area (Å²) in [6, 6.07) is 12.5. The Hall–Kier alpha value is -3.22. The number of aliphatic carboxylic acids is 1. The zero-order chi connectivity index (χ0) is 28.6. The van der Waals surface area contributed by atoms with Gasteiger partial charge in [-0.2, -0.15) is 4.31 Å². The fourth-order valence-electron chi connectivity index (χ4n) is 5.20. The lowest BCUT2D eigenvalue weighted by atomic mass is 9.85. The number of halogens is 1. The van der Waals surface area contributed by atoms with E-state index in [1.807, 2.05) is 45.0 Å². The van der Waals surface area contributed by atoms with Gasteiger partial charge in [0.1, 0.15) is 16.5 Å². The van der Waals surface area contributed by atoms with E-state index in [9.17, 15) is 19.0 Å². The standard InChI is InChI=1S/C28H32ClN5O5S/c1-4-20-16-33(40(37,38)25-7-6-12-30-28(25)39-20)15-19-13-18(8-10-23(19)29)22(14-26(35)36)21-9-11-24-27(17(21)3)31-32-34(24)5-2/h6-13,20,22,37-38H,4-5,14-16H2,1-3H3,(H,35,36)/t20-,22+/m1/s1. The number of carbonyl (C=O) groups is 1. The summed E-state index contributed by atoms with van der Waals surface area (Å²) in [6.45, 7) is 6.92. The Bertz CT molecular complexity index is 1560. The van der Waals surface area contributed by atoms with Gasteiger partial charge in [-0.15, -0.1) is 15.9 Å². The number of carboxylic acids is 1. The third kappa shape index (κ3) is 5.27. The summed E-state index contributed by atoms with van der Waals surface area (Å²) < 4.78 is 32.1. The number of hydrogen-bond acceptors (Lipinski definition) is 8. The van der Waals surface area contributed by atoms with Crippen LogP contribution in [0.25, 0.3) is 11.0 Å². The molecule has 0 spiro atoms. The van der Waals surface area contributed by atoms with Crippen LogP contribution in [0, 0.1) is 6.92 Å². The molecule has 0 amide bonds. The highest BCUT2D eigenvalue weighted by molar-refractivity contribution is 8.22. The van der Waals surface area contributed by atoms with Gasteiger partial charge in [-0.3, -0.25) is 13.9 Å². The van der Waals surface area contributed by atoms with Gasteiger partial charge < -0.3 is 9.84 Å². The Kier molecular flexibility index (Phi) is 8.03. The number of aryl methyl sites for hydroxylation is 2. The molecule has 5 rings (SSSR count). The van der Waals surface area contributed by atoms with E-state index in [1.165, 1.54) is 0 Å². The summed E-state index contributed by atoms with van der Waals surface area (Å²) in [5, 5.41) is 18.8. The molecule has 0 saturated heterocycles. The Balaban J connectivity index is 1.55. The normalized spacial score (nSPS) is 18.5. The highest BCUT2D eigenvalue weighted by Gasteiger charge is 2.36. The molecule has 2 aromatic carbocycles. The molecule has 0 aliphatic carbocycles. The minimum Gasteiger partial charge on any atom is -0.481 e. The van der Waals surface area contributed by atoms with Crippen molar-refractivity contribution in [2.24, 2.45) is 0 Å². The van der Waals surface area contributed by atoms with Gasteiger partial charge in [0, 0.05) is 30.2 Å². The van der Waals surface area contributed by atoms with Crippen LogP contribution in [0.5, 0.6) is 5.88 Å². The summed E-state index contributed by atoms with van der Waals surface area (Å²) >= 11 is 6.64. The van der Waals surface area contributed by atoms with E-state index in [0.29, 0.717) is 23.6 Å². The van der Waals surface area contributed by atoms with Crippen molar-refractivity contribution in [2.45, 2.75) is 63.6 Å². The predicted octanol–water partition coefficient (Wildman–Crippen LogP) is 6.11. The van der Waals surface area contributed by atoms with Crippen molar-refractivity contribution in [2.75, 3.05) is 6.54 Å². The van der Waals surface area contributed by atoms with Crippen LogP contribution in [0.1, 0.15) is 54.9 Å². The van der Waals surface area contributed by atoms with Crippen molar-refractivity contribution < 1.29 is 23.7 Å². The minimum absolute atomic E-state index is 0.117. The third-order valence-corrected chi connectivity index (χ3v) is 9.65. The molecule has 0 unspecified atom stereocenters. The maximum Gasteiger partial charge on any atom is 0.304 e. The zero-order valence-electron chi connectivity index (χ0n) is 22.5. The first-order valence-corrected chi connectivity index (χ1v) is 15.0. The number of benzene rings is 2. The van der Waals surface area contributed by atoms with Crippen LogP contribution in [0.15, 0.2) is 53.6 Å². The fraction of sp³-hybridized carbons (Fsp3) is 0.357. The summed E-state index contributed by atoms with van der Waals surface area (Å²) in [4.78, 5) is 16.5. The summed E-state index contributed by atoms with van der Waals surface area (Å²) in [5.74, 6) is -1.21. The third-order valence-electron chi connectivity index (χ3n) is 7.39. The van der Waals surface area contributed by atoms with Crippen LogP contribution in [0.2, 0.25) is 5.02 Å². The number of aromatic nitrogens is 4. The molecule has 0 radical (unpaired) electrons. The quantitative estimate of drug-likeness (QED) is 0.224. The zero-order valence-corrected chi connectivity index (χ0v) is 24.1. The molecule has 3 N–H and O–H groups in total. The molecular formula is C28H32ClN5O5S. The van der Waals surface area contributed by atoms with Crippen LogP contribution in [-0.4, -0.2) is 57.1 Å². The van der Waals surface area contributed by atoms with Gasteiger partial charge in [-0.05, 0) is 66.8 Å². The molecule has 2 atom stereocenters. The fourth-order valence-corrected chi connectivity index (χ4v) is 6.95. The van der Waals surface area contributed by atoms with Gasteiger partial charge in [-0.1, -0.05) is 41.9 Å². The second-order valence-corrected chi connectivity index (χ2v) is 12.3. The van der Waals surface area contributed by atoms with Crippen molar-refractivity contribution in [1.82, 2.24) is 24.3 Å². The Morgan fingerprint density at radius 2 is 2.02 bits per heavy atom. The molecule has 0 fully saturated rings. The first-order chi connectivity index (χ1) is 19.1. The lowest BCUT2D eigenvalue weighted by Crippen LogP contribution is -2.34. The van der Waals surface area contributed by atoms with Crippen molar-refractivity contribution in [3.05, 3.63) is 75.9 Å². The van der Waals surface area contributed by atoms with Crippen molar-refractivity contribution in [3.63, 3.8) is 0 Å². The van der Waals surface area contributed by atoms with E-state index in [1.54, 1.807) is 33.4 Å². The molecule has 1 aliphatic rings. The number of hydrogen-bond donors (Lipinski definition) is 3. The molecule has 1 aliphatic heterocycles. The molecule has 4 aromatic rings. The molecule has 3 heterocycles. The molecule has 12 heteroatoms. The van der Waals surface area contributed by atoms with E-state index in [-0.39, 0.29) is 36.4 Å². The van der Waals surface area contributed by atoms with Gasteiger partial charge in [0.05, 0.1) is 18.5 Å². The Morgan fingerprint density at radius 3 is 2.75 bits per heavy atom. The van der Waals surface area contributed by atoms with Crippen LogP contribution in [-0.2, 0) is 17.9 Å². The van der Waals surface area contributed by atoms with Gasteiger partial charge in [0.25, 0.3) is 0 Å². The van der Waals surface area contributed by atoms with Crippen molar-refractivity contribution >= 4 is 39.4 Å². The largest absolute Gasteiger partial charge is 0.481 e. The van der Waals surface area contributed by atoms with E-state index >= 15 is 0 Å². The molecule has 212 valence electrons. The summed E-state index contributed by atoms with van der Waals surface area (Å²) in [6.07, 6.45) is 1.75. The maximum absolute atomic E-state index is 12.0. The van der Waals surface area contributed by atoms with E-state index in [0.717, 1.165) is 27.7 Å². The van der Waals surface area contributed by atoms with Gasteiger partial charge in [0.2, 0.25) is 5.88 Å². The number of fused-ring (bicyclic) bond motifs is 2. The van der Waals surface area contributed by atoms with Crippen LogP contribution >= 0.6 is 22.4 Å². The van der Waals surface area contributed by atoms with E-state index in [4.69, 9.17) is 16.3 Å². The summed E-state index contributed by atoms with van der Waals surface area (Å²) in [5.41, 5.74) is 4.73. The Labute approximate surface area is 239 Å². The molecule has 0 saturated carbocycles. The SMILES string of the molecule is CC[C@@H]1CN(Cc2cc([C@H](CC(=O)O)c3ccc4c(nnn4CC)c3C)ccc2Cl)S(O)(O)c2cccnc2O1. The molecule has 40 heavy (non-hydrogen) atoms. The van der Waals surface area contributed by atoms with Crippen molar-refractivity contribution in [1.29, 1.82) is 0 Å². The van der Waals surface area contributed by atoms with Gasteiger partial charge in [0.15, 0.2) is 0 Å². The van der Waals surface area contributed by atoms with Crippen LogP contribution < -0.4 is 4.74 Å². The minimum atomic E-state index is -3.44. The number of ether oxygens (including phenoxy) is 1. The molecule has 0 bridgehead atoms. The number of rotatable bonds is 8. The van der Waals surface area contributed by atoms with Crippen LogP contribution in [0.3, 0.4) is 0 Å². The van der Waals surface area contributed by atoms with Crippen LogP contribution in [0.4, 0.5) is 0 Å². The van der Waals surface area contributed by atoms with Gasteiger partial charge >= 0.3 is 5.97 Å². The maximum atomic E-state index is 12.0. The second kappa shape index (κ2) is 11.3. The van der Waals surface area contributed by atoms with E-state index < -0.39 is 22.7 Å². The van der Waals surface area contributed by atoms with Gasteiger partial charge in [-0.25, -0.2) is 9.67 Å². The average Bonchev–Trinajstić information content (AvgIpc) is 3.32. The average molecular weight is 586 g/mol. The van der Waals surface area contributed by atoms with Crippen molar-refractivity contribution in [3.8, 4) is 5.88 Å².